The fraction of sp³-hybridized carbons (Fsp3) is 0.229. The molecule has 0 bridgehead atoms. The molecule has 0 atom stereocenters. The maximum atomic E-state index is 14.5. The van der Waals surface area contributed by atoms with Crippen molar-refractivity contribution < 1.29 is 32.3 Å². The van der Waals surface area contributed by atoms with Gasteiger partial charge in [0.2, 0.25) is 5.78 Å². The molecule has 0 radical (unpaired) electrons. The number of aliphatic hydroxyl groups is 1. The summed E-state index contributed by atoms with van der Waals surface area (Å²) in [5.41, 5.74) is 0.413. The maximum absolute atomic E-state index is 14.5. The summed E-state index contributed by atoms with van der Waals surface area (Å²) in [6.45, 7) is 1.11. The van der Waals surface area contributed by atoms with E-state index in [-0.39, 0.29) is 30.8 Å². The van der Waals surface area contributed by atoms with E-state index in [0.29, 0.717) is 31.3 Å². The number of aromatic nitrogens is 1. The topological polar surface area (TPSA) is 86.1 Å². The van der Waals surface area contributed by atoms with Gasteiger partial charge in [0.05, 0.1) is 12.1 Å². The average Bonchev–Trinajstić information content (AvgIpc) is 3.04. The number of benzene rings is 3. The molecule has 1 aliphatic heterocycles. The standard InChI is InChI=1S/C35H32F4N4O4/c1-40(2)25-7-9-26(10-8-25)41-11-13-42(14-12-41)35(47)33(45)19-32(44)28-16-22(15-27-30(38)17-24(36)18-31(27)39)20-43(34(28)46)21-23-5-3-4-6-29(23)37/h3-10,16-20,44H,11-15,21H2,1-2H3/b32-19-. The Hall–Kier alpha value is -5.39. The molecule has 244 valence electrons. The van der Waals surface area contributed by atoms with E-state index in [1.165, 1.54) is 29.3 Å². The zero-order valence-corrected chi connectivity index (χ0v) is 25.7. The molecule has 1 aromatic heterocycles. The van der Waals surface area contributed by atoms with Crippen LogP contribution in [0.2, 0.25) is 0 Å². The van der Waals surface area contributed by atoms with Crippen LogP contribution in [-0.4, -0.2) is 66.5 Å². The number of rotatable bonds is 9. The first-order valence-corrected chi connectivity index (χ1v) is 14.8. The van der Waals surface area contributed by atoms with Gasteiger partial charge in [-0.3, -0.25) is 14.4 Å². The van der Waals surface area contributed by atoms with E-state index in [1.54, 1.807) is 6.07 Å². The van der Waals surface area contributed by atoms with Gasteiger partial charge in [-0.1, -0.05) is 18.2 Å². The van der Waals surface area contributed by atoms with Gasteiger partial charge < -0.3 is 24.4 Å². The minimum Gasteiger partial charge on any atom is -0.507 e. The van der Waals surface area contributed by atoms with E-state index in [4.69, 9.17) is 0 Å². The first kappa shape index (κ1) is 33.0. The highest BCUT2D eigenvalue weighted by atomic mass is 19.1. The number of hydrogen-bond acceptors (Lipinski definition) is 6. The summed E-state index contributed by atoms with van der Waals surface area (Å²) in [5, 5.41) is 10.9. The highest BCUT2D eigenvalue weighted by Crippen LogP contribution is 2.23. The second kappa shape index (κ2) is 13.9. The number of ketones is 1. The van der Waals surface area contributed by atoms with Crippen LogP contribution in [-0.2, 0) is 22.6 Å². The quantitative estimate of drug-likeness (QED) is 0.120. The molecule has 8 nitrogen and oxygen atoms in total. The molecule has 5 rings (SSSR count). The number of hydrogen-bond donors (Lipinski definition) is 1. The number of amides is 1. The van der Waals surface area contributed by atoms with E-state index in [0.717, 1.165) is 22.0 Å². The summed E-state index contributed by atoms with van der Waals surface area (Å²) in [6.07, 6.45) is 1.39. The molecule has 1 aliphatic rings. The van der Waals surface area contributed by atoms with Gasteiger partial charge in [-0.2, -0.15) is 0 Å². The van der Waals surface area contributed by atoms with Crippen molar-refractivity contribution in [2.45, 2.75) is 13.0 Å². The largest absolute Gasteiger partial charge is 0.507 e. The van der Waals surface area contributed by atoms with Crippen molar-refractivity contribution in [3.8, 4) is 0 Å². The Balaban J connectivity index is 1.38. The highest BCUT2D eigenvalue weighted by molar-refractivity contribution is 6.41. The van der Waals surface area contributed by atoms with Gasteiger partial charge >= 0.3 is 0 Å². The Labute approximate surface area is 268 Å². The van der Waals surface area contributed by atoms with Crippen LogP contribution in [0, 0.1) is 23.3 Å². The molecule has 0 saturated carbocycles. The Kier molecular flexibility index (Phi) is 9.78. The first-order chi connectivity index (χ1) is 22.4. The fourth-order valence-electron chi connectivity index (χ4n) is 5.40. The third-order valence-electron chi connectivity index (χ3n) is 7.98. The number of carbonyl (C=O) groups excluding carboxylic acids is 2. The molecule has 1 saturated heterocycles. The number of halogens is 4. The van der Waals surface area contributed by atoms with E-state index in [9.17, 15) is 37.1 Å². The summed E-state index contributed by atoms with van der Waals surface area (Å²) in [5.74, 6) is -6.86. The second-order valence-corrected chi connectivity index (χ2v) is 11.4. The minimum atomic E-state index is -1.16. The molecule has 4 aromatic rings. The third-order valence-corrected chi connectivity index (χ3v) is 7.98. The molecule has 12 heteroatoms. The zero-order chi connectivity index (χ0) is 33.8. The Morgan fingerprint density at radius 3 is 2.13 bits per heavy atom. The number of nitrogens with zero attached hydrogens (tertiary/aromatic N) is 4. The summed E-state index contributed by atoms with van der Waals surface area (Å²) in [4.78, 5) is 44.8. The molecule has 1 fully saturated rings. The van der Waals surface area contributed by atoms with Gasteiger partial charge in [0.1, 0.15) is 29.0 Å². The Bertz CT molecular complexity index is 1880. The minimum absolute atomic E-state index is 0.0915. The molecular weight excluding hydrogens is 616 g/mol. The van der Waals surface area contributed by atoms with Crippen LogP contribution in [0.25, 0.3) is 5.76 Å². The smallest absolute Gasteiger partial charge is 0.294 e. The van der Waals surface area contributed by atoms with Crippen molar-refractivity contribution >= 4 is 28.8 Å². The van der Waals surface area contributed by atoms with Crippen molar-refractivity contribution in [3.63, 3.8) is 0 Å². The Morgan fingerprint density at radius 2 is 1.51 bits per heavy atom. The van der Waals surface area contributed by atoms with E-state index in [2.05, 4.69) is 4.90 Å². The number of anilines is 2. The molecule has 0 unspecified atom stereocenters. The van der Waals surface area contributed by atoms with Crippen LogP contribution < -0.4 is 15.4 Å². The van der Waals surface area contributed by atoms with Gasteiger partial charge in [0.15, 0.2) is 0 Å². The first-order valence-electron chi connectivity index (χ1n) is 14.8. The summed E-state index contributed by atoms with van der Waals surface area (Å²) in [7, 11) is 3.88. The molecule has 0 spiro atoms. The van der Waals surface area contributed by atoms with E-state index in [1.807, 2.05) is 43.3 Å². The van der Waals surface area contributed by atoms with Gasteiger partial charge in [0, 0.05) is 93.6 Å². The van der Waals surface area contributed by atoms with Crippen LogP contribution >= 0.6 is 0 Å². The molecule has 2 heterocycles. The molecule has 1 N–H and O–H groups in total. The molecule has 0 aliphatic carbocycles. The van der Waals surface area contributed by atoms with Crippen LogP contribution in [0.15, 0.2) is 83.8 Å². The lowest BCUT2D eigenvalue weighted by molar-refractivity contribution is -0.142. The summed E-state index contributed by atoms with van der Waals surface area (Å²) in [6, 6.07) is 15.7. The summed E-state index contributed by atoms with van der Waals surface area (Å²) < 4.78 is 58.0. The predicted molar refractivity (Wildman–Crippen MR) is 171 cm³/mol. The molecule has 47 heavy (non-hydrogen) atoms. The normalized spacial score (nSPS) is 13.5. The second-order valence-electron chi connectivity index (χ2n) is 11.4. The highest BCUT2D eigenvalue weighted by Gasteiger charge is 2.26. The van der Waals surface area contributed by atoms with Crippen molar-refractivity contribution in [1.82, 2.24) is 9.47 Å². The van der Waals surface area contributed by atoms with Gasteiger partial charge in [-0.05, 0) is 42.0 Å². The van der Waals surface area contributed by atoms with Gasteiger partial charge in [-0.25, -0.2) is 17.6 Å². The monoisotopic (exact) mass is 648 g/mol. The van der Waals surface area contributed by atoms with Gasteiger partial charge in [0.25, 0.3) is 11.5 Å². The van der Waals surface area contributed by atoms with Crippen LogP contribution in [0.1, 0.15) is 22.3 Å². The molecule has 3 aromatic carbocycles. The van der Waals surface area contributed by atoms with E-state index < -0.39 is 63.8 Å². The van der Waals surface area contributed by atoms with Crippen molar-refractivity contribution in [3.05, 3.63) is 135 Å². The van der Waals surface area contributed by atoms with Gasteiger partial charge in [-0.15, -0.1) is 0 Å². The van der Waals surface area contributed by atoms with Crippen molar-refractivity contribution in [2.24, 2.45) is 0 Å². The lowest BCUT2D eigenvalue weighted by Crippen LogP contribution is -2.50. The number of pyridine rings is 1. The molecule has 1 amide bonds. The van der Waals surface area contributed by atoms with E-state index >= 15 is 0 Å². The predicted octanol–water partition coefficient (Wildman–Crippen LogP) is 4.93. The lowest BCUT2D eigenvalue weighted by atomic mass is 10.0. The SMILES string of the molecule is CN(C)c1ccc(N2CCN(C(=O)C(=O)/C=C(\O)c3cc(Cc4c(F)cc(F)cc4F)cn(Cc4ccccc4F)c3=O)CC2)cc1. The molecular formula is C35H32F4N4O4. The zero-order valence-electron chi connectivity index (χ0n) is 25.7. The summed E-state index contributed by atoms with van der Waals surface area (Å²) >= 11 is 0. The maximum Gasteiger partial charge on any atom is 0.294 e. The van der Waals surface area contributed by atoms with Crippen LogP contribution in [0.4, 0.5) is 28.9 Å². The average molecular weight is 649 g/mol. The fourth-order valence-corrected chi connectivity index (χ4v) is 5.40. The van der Waals surface area contributed by atoms with Crippen molar-refractivity contribution in [2.75, 3.05) is 50.1 Å². The Morgan fingerprint density at radius 1 is 0.872 bits per heavy atom. The van der Waals surface area contributed by atoms with Crippen LogP contribution in [0.5, 0.6) is 0 Å². The van der Waals surface area contributed by atoms with Crippen molar-refractivity contribution in [1.29, 1.82) is 0 Å². The number of carbonyl (C=O) groups is 2. The number of aliphatic hydroxyl groups excluding tert-OH is 1. The lowest BCUT2D eigenvalue weighted by Gasteiger charge is -2.35. The van der Waals surface area contributed by atoms with Crippen LogP contribution in [0.3, 0.4) is 0 Å². The number of piperazine rings is 1. The third kappa shape index (κ3) is 7.54.